The largest absolute Gasteiger partial charge is 0.461 e. The van der Waals surface area contributed by atoms with Crippen LogP contribution in [-0.4, -0.2) is 34.6 Å². The molecule has 0 aromatic carbocycles. The van der Waals surface area contributed by atoms with Crippen molar-refractivity contribution in [3.05, 3.63) is 29.6 Å². The molecule has 20 heavy (non-hydrogen) atoms. The first-order chi connectivity index (χ1) is 9.69. The number of hydrogen-bond donors (Lipinski definition) is 2. The monoisotopic (exact) mass is 278 g/mol. The van der Waals surface area contributed by atoms with Crippen molar-refractivity contribution in [3.8, 4) is 0 Å². The van der Waals surface area contributed by atoms with Crippen molar-refractivity contribution in [2.75, 3.05) is 6.54 Å². The van der Waals surface area contributed by atoms with Crippen molar-refractivity contribution in [2.24, 2.45) is 0 Å². The molecule has 1 amide bonds. The Morgan fingerprint density at radius 1 is 1.40 bits per heavy atom. The van der Waals surface area contributed by atoms with Crippen molar-refractivity contribution in [1.29, 1.82) is 0 Å². The summed E-state index contributed by atoms with van der Waals surface area (Å²) in [5, 5.41) is 11.5. The number of pyridine rings is 1. The fourth-order valence-electron chi connectivity index (χ4n) is 2.19. The van der Waals surface area contributed by atoms with E-state index in [-0.39, 0.29) is 25.2 Å². The molecule has 0 aliphatic heterocycles. The normalized spacial score (nSPS) is 15.1. The van der Waals surface area contributed by atoms with Crippen LogP contribution in [0.2, 0.25) is 0 Å². The van der Waals surface area contributed by atoms with Gasteiger partial charge in [-0.1, -0.05) is 0 Å². The van der Waals surface area contributed by atoms with Crippen LogP contribution in [0, 0.1) is 0 Å². The summed E-state index contributed by atoms with van der Waals surface area (Å²) in [7, 11) is 0. The average molecular weight is 278 g/mol. The van der Waals surface area contributed by atoms with Crippen LogP contribution in [0.15, 0.2) is 18.3 Å². The molecule has 1 aromatic heterocycles. The number of aromatic nitrogens is 1. The Bertz CT molecular complexity index is 484. The van der Waals surface area contributed by atoms with E-state index in [0.29, 0.717) is 11.3 Å². The Labute approximate surface area is 117 Å². The third-order valence-electron chi connectivity index (χ3n) is 3.23. The van der Waals surface area contributed by atoms with Gasteiger partial charge in [-0.3, -0.25) is 14.6 Å². The zero-order valence-corrected chi connectivity index (χ0v) is 11.2. The van der Waals surface area contributed by atoms with E-state index in [0.717, 1.165) is 25.7 Å². The van der Waals surface area contributed by atoms with E-state index in [1.54, 1.807) is 0 Å². The summed E-state index contributed by atoms with van der Waals surface area (Å²) >= 11 is 0. The first kappa shape index (κ1) is 14.5. The predicted molar refractivity (Wildman–Crippen MR) is 70.8 cm³/mol. The number of nitrogens with zero attached hydrogens (tertiary/aromatic N) is 1. The zero-order chi connectivity index (χ0) is 14.4. The van der Waals surface area contributed by atoms with Crippen molar-refractivity contribution >= 4 is 11.9 Å². The number of aliphatic hydroxyl groups excluding tert-OH is 1. The fourth-order valence-corrected chi connectivity index (χ4v) is 2.19. The lowest BCUT2D eigenvalue weighted by atomic mass is 10.2. The molecule has 1 saturated carbocycles. The van der Waals surface area contributed by atoms with Crippen LogP contribution >= 0.6 is 0 Å². The van der Waals surface area contributed by atoms with Gasteiger partial charge >= 0.3 is 5.97 Å². The molecule has 1 aliphatic carbocycles. The summed E-state index contributed by atoms with van der Waals surface area (Å²) in [6.45, 7) is -0.378. The summed E-state index contributed by atoms with van der Waals surface area (Å²) in [5.41, 5.74) is 0.767. The molecule has 0 unspecified atom stereocenters. The summed E-state index contributed by atoms with van der Waals surface area (Å²) in [6.07, 6.45) is 5.43. The summed E-state index contributed by atoms with van der Waals surface area (Å²) in [4.78, 5) is 27.3. The molecular weight excluding hydrogens is 260 g/mol. The molecule has 0 atom stereocenters. The van der Waals surface area contributed by atoms with Gasteiger partial charge < -0.3 is 15.2 Å². The maximum absolute atomic E-state index is 11.8. The minimum atomic E-state index is -0.415. The van der Waals surface area contributed by atoms with Gasteiger partial charge in [0.25, 0.3) is 5.91 Å². The smallest absolute Gasteiger partial charge is 0.325 e. The number of carbonyl (C=O) groups is 2. The van der Waals surface area contributed by atoms with Gasteiger partial charge in [0.05, 0.1) is 12.3 Å². The van der Waals surface area contributed by atoms with Crippen LogP contribution in [0.1, 0.15) is 41.7 Å². The Morgan fingerprint density at radius 2 is 2.15 bits per heavy atom. The minimum Gasteiger partial charge on any atom is -0.461 e. The van der Waals surface area contributed by atoms with E-state index in [1.165, 1.54) is 18.3 Å². The van der Waals surface area contributed by atoms with Gasteiger partial charge in [0.2, 0.25) is 0 Å². The van der Waals surface area contributed by atoms with Gasteiger partial charge in [-0.2, -0.15) is 0 Å². The number of esters is 1. The number of nitrogens with one attached hydrogen (secondary N) is 1. The van der Waals surface area contributed by atoms with E-state index in [4.69, 9.17) is 9.84 Å². The highest BCUT2D eigenvalue weighted by Gasteiger charge is 2.19. The van der Waals surface area contributed by atoms with Crippen LogP contribution < -0.4 is 5.32 Å². The van der Waals surface area contributed by atoms with Crippen LogP contribution in [0.3, 0.4) is 0 Å². The van der Waals surface area contributed by atoms with E-state index in [1.807, 2.05) is 0 Å². The Balaban J connectivity index is 1.80. The molecule has 0 radical (unpaired) electrons. The number of carbonyl (C=O) groups excluding carboxylic acids is 2. The number of rotatable bonds is 5. The molecule has 108 valence electrons. The second-order valence-corrected chi connectivity index (χ2v) is 4.77. The number of amides is 1. The number of hydrogen-bond acceptors (Lipinski definition) is 5. The molecule has 0 spiro atoms. The molecule has 1 fully saturated rings. The molecule has 0 saturated heterocycles. The zero-order valence-electron chi connectivity index (χ0n) is 11.2. The first-order valence-corrected chi connectivity index (χ1v) is 6.72. The highest BCUT2D eigenvalue weighted by atomic mass is 16.5. The molecule has 0 bridgehead atoms. The molecule has 6 heteroatoms. The molecule has 1 aromatic rings. The van der Waals surface area contributed by atoms with Crippen molar-refractivity contribution in [2.45, 2.75) is 38.4 Å². The SMILES string of the molecule is O=C(CNC(=O)c1ccnc(CO)c1)OC1CCCC1. The van der Waals surface area contributed by atoms with Crippen molar-refractivity contribution in [1.82, 2.24) is 10.3 Å². The van der Waals surface area contributed by atoms with Gasteiger partial charge in [0, 0.05) is 11.8 Å². The number of aliphatic hydroxyl groups is 1. The van der Waals surface area contributed by atoms with Gasteiger partial charge in [0.15, 0.2) is 0 Å². The summed E-state index contributed by atoms with van der Waals surface area (Å²) in [6, 6.07) is 3.01. The first-order valence-electron chi connectivity index (χ1n) is 6.72. The van der Waals surface area contributed by atoms with Gasteiger partial charge in [0.1, 0.15) is 12.6 Å². The number of ether oxygens (including phenoxy) is 1. The lowest BCUT2D eigenvalue weighted by Gasteiger charge is -2.11. The quantitative estimate of drug-likeness (QED) is 0.777. The Kier molecular flexibility index (Phi) is 5.06. The lowest BCUT2D eigenvalue weighted by molar-refractivity contribution is -0.147. The Hall–Kier alpha value is -1.95. The average Bonchev–Trinajstić information content (AvgIpc) is 2.97. The fraction of sp³-hybridized carbons (Fsp3) is 0.500. The van der Waals surface area contributed by atoms with E-state index in [9.17, 15) is 9.59 Å². The maximum atomic E-state index is 11.8. The van der Waals surface area contributed by atoms with Gasteiger partial charge in [-0.05, 0) is 37.8 Å². The Morgan fingerprint density at radius 3 is 2.85 bits per heavy atom. The molecule has 2 N–H and O–H groups in total. The minimum absolute atomic E-state index is 0.00122. The second-order valence-electron chi connectivity index (χ2n) is 4.77. The summed E-state index contributed by atoms with van der Waals surface area (Å²) in [5.74, 6) is -0.799. The lowest BCUT2D eigenvalue weighted by Crippen LogP contribution is -2.32. The molecule has 2 rings (SSSR count). The topological polar surface area (TPSA) is 88.5 Å². The van der Waals surface area contributed by atoms with E-state index < -0.39 is 5.97 Å². The maximum Gasteiger partial charge on any atom is 0.325 e. The van der Waals surface area contributed by atoms with Crippen LogP contribution in [-0.2, 0) is 16.1 Å². The van der Waals surface area contributed by atoms with Crippen molar-refractivity contribution in [3.63, 3.8) is 0 Å². The highest BCUT2D eigenvalue weighted by Crippen LogP contribution is 2.20. The third-order valence-corrected chi connectivity index (χ3v) is 3.23. The van der Waals surface area contributed by atoms with Crippen LogP contribution in [0.25, 0.3) is 0 Å². The summed E-state index contributed by atoms with van der Waals surface area (Å²) < 4.78 is 5.24. The van der Waals surface area contributed by atoms with Crippen LogP contribution in [0.5, 0.6) is 0 Å². The second kappa shape index (κ2) is 7.00. The predicted octanol–water partition coefficient (Wildman–Crippen LogP) is 0.789. The van der Waals surface area contributed by atoms with Gasteiger partial charge in [-0.15, -0.1) is 0 Å². The molecule has 1 heterocycles. The molecule has 1 aliphatic rings. The highest BCUT2D eigenvalue weighted by molar-refractivity contribution is 5.95. The molecular formula is C14H18N2O4. The standard InChI is InChI=1S/C14H18N2O4/c17-9-11-7-10(5-6-15-11)14(19)16-8-13(18)20-12-3-1-2-4-12/h5-7,12,17H,1-4,8-9H2,(H,16,19). The molecule has 6 nitrogen and oxygen atoms in total. The van der Waals surface area contributed by atoms with E-state index >= 15 is 0 Å². The van der Waals surface area contributed by atoms with Gasteiger partial charge in [-0.25, -0.2) is 0 Å². The third kappa shape index (κ3) is 4.03. The van der Waals surface area contributed by atoms with Crippen molar-refractivity contribution < 1.29 is 19.4 Å². The van der Waals surface area contributed by atoms with E-state index in [2.05, 4.69) is 10.3 Å². The van der Waals surface area contributed by atoms with Crippen LogP contribution in [0.4, 0.5) is 0 Å².